The van der Waals surface area contributed by atoms with Crippen molar-refractivity contribution in [3.05, 3.63) is 29.6 Å². The van der Waals surface area contributed by atoms with Gasteiger partial charge in [0.25, 0.3) is 5.91 Å². The maximum absolute atomic E-state index is 11.2. The number of aliphatic hydroxyl groups excluding tert-OH is 1. The van der Waals surface area contributed by atoms with Crippen LogP contribution in [0.25, 0.3) is 11.0 Å². The lowest BCUT2D eigenvalue weighted by Crippen LogP contribution is -2.11. The topological polar surface area (TPSA) is 92.0 Å². The van der Waals surface area contributed by atoms with Gasteiger partial charge in [-0.25, -0.2) is 0 Å². The number of carbonyl (C=O) groups is 1. The third kappa shape index (κ3) is 1.77. The Kier molecular flexibility index (Phi) is 2.87. The number of nitrogens with two attached hydrogens (primary N) is 1. The summed E-state index contributed by atoms with van der Waals surface area (Å²) in [4.78, 5) is 18.4. The quantitative estimate of drug-likeness (QED) is 0.702. The SMILES string of the molecule is NC(=O)c1ccnc2c(CCCO)c[nH]c12. The van der Waals surface area contributed by atoms with Crippen molar-refractivity contribution in [1.29, 1.82) is 0 Å². The Morgan fingerprint density at radius 2 is 2.38 bits per heavy atom. The molecule has 0 radical (unpaired) electrons. The van der Waals surface area contributed by atoms with E-state index in [1.807, 2.05) is 0 Å². The Balaban J connectivity index is 2.48. The van der Waals surface area contributed by atoms with Gasteiger partial charge in [-0.3, -0.25) is 9.78 Å². The largest absolute Gasteiger partial charge is 0.396 e. The van der Waals surface area contributed by atoms with E-state index < -0.39 is 5.91 Å². The zero-order valence-electron chi connectivity index (χ0n) is 8.73. The van der Waals surface area contributed by atoms with Crippen molar-refractivity contribution in [3.8, 4) is 0 Å². The van der Waals surface area contributed by atoms with Gasteiger partial charge in [0, 0.05) is 19.0 Å². The second kappa shape index (κ2) is 4.32. The molecule has 1 amide bonds. The van der Waals surface area contributed by atoms with Gasteiger partial charge in [0.05, 0.1) is 16.6 Å². The monoisotopic (exact) mass is 219 g/mol. The van der Waals surface area contributed by atoms with E-state index in [1.165, 1.54) is 0 Å². The van der Waals surface area contributed by atoms with Crippen LogP contribution in [0.3, 0.4) is 0 Å². The molecule has 5 heteroatoms. The van der Waals surface area contributed by atoms with E-state index in [1.54, 1.807) is 18.5 Å². The summed E-state index contributed by atoms with van der Waals surface area (Å²) in [6.07, 6.45) is 4.78. The molecule has 0 atom stereocenters. The summed E-state index contributed by atoms with van der Waals surface area (Å²) in [5.74, 6) is -0.469. The molecule has 2 heterocycles. The number of aromatic amines is 1. The summed E-state index contributed by atoms with van der Waals surface area (Å²) >= 11 is 0. The summed E-state index contributed by atoms with van der Waals surface area (Å²) in [5, 5.41) is 8.78. The number of nitrogens with one attached hydrogen (secondary N) is 1. The van der Waals surface area contributed by atoms with Gasteiger partial charge in [-0.2, -0.15) is 0 Å². The number of pyridine rings is 1. The Labute approximate surface area is 92.3 Å². The number of hydrogen-bond donors (Lipinski definition) is 3. The molecular formula is C11H13N3O2. The van der Waals surface area contributed by atoms with Gasteiger partial charge in [-0.15, -0.1) is 0 Å². The first kappa shape index (κ1) is 10.6. The van der Waals surface area contributed by atoms with Gasteiger partial charge in [0.2, 0.25) is 0 Å². The van der Waals surface area contributed by atoms with E-state index in [0.29, 0.717) is 17.5 Å². The van der Waals surface area contributed by atoms with Crippen LogP contribution in [0.1, 0.15) is 22.3 Å². The van der Waals surface area contributed by atoms with Crippen LogP contribution in [0.4, 0.5) is 0 Å². The molecule has 0 spiro atoms. The number of nitrogens with zero attached hydrogens (tertiary/aromatic N) is 1. The third-order valence-electron chi connectivity index (χ3n) is 2.52. The average molecular weight is 219 g/mol. The molecule has 2 aromatic heterocycles. The number of H-pyrrole nitrogens is 1. The maximum atomic E-state index is 11.2. The molecule has 0 fully saturated rings. The summed E-state index contributed by atoms with van der Waals surface area (Å²) in [6, 6.07) is 1.59. The van der Waals surface area contributed by atoms with Crippen LogP contribution in [0.15, 0.2) is 18.5 Å². The summed E-state index contributed by atoms with van der Waals surface area (Å²) in [7, 11) is 0. The predicted octanol–water partition coefficient (Wildman–Crippen LogP) is 0.587. The number of aliphatic hydroxyl groups is 1. The smallest absolute Gasteiger partial charge is 0.250 e. The molecule has 0 saturated carbocycles. The first-order valence-electron chi connectivity index (χ1n) is 5.09. The lowest BCUT2D eigenvalue weighted by atomic mass is 10.1. The van der Waals surface area contributed by atoms with Gasteiger partial charge in [-0.1, -0.05) is 0 Å². The number of primary amides is 1. The standard InChI is InChI=1S/C11H13N3O2/c12-11(16)8-3-4-13-9-7(2-1-5-15)6-14-10(8)9/h3-4,6,14-15H,1-2,5H2,(H2,12,16). The summed E-state index contributed by atoms with van der Waals surface area (Å²) in [5.41, 5.74) is 8.12. The lowest BCUT2D eigenvalue weighted by Gasteiger charge is -1.99. The van der Waals surface area contributed by atoms with Crippen molar-refractivity contribution >= 4 is 16.9 Å². The van der Waals surface area contributed by atoms with Gasteiger partial charge in [-0.05, 0) is 24.5 Å². The van der Waals surface area contributed by atoms with E-state index in [2.05, 4.69) is 9.97 Å². The highest BCUT2D eigenvalue weighted by molar-refractivity contribution is 6.04. The van der Waals surface area contributed by atoms with Crippen molar-refractivity contribution in [2.45, 2.75) is 12.8 Å². The van der Waals surface area contributed by atoms with Gasteiger partial charge in [0.15, 0.2) is 0 Å². The van der Waals surface area contributed by atoms with Crippen molar-refractivity contribution in [1.82, 2.24) is 9.97 Å². The Morgan fingerprint density at radius 1 is 1.56 bits per heavy atom. The zero-order chi connectivity index (χ0) is 11.5. The van der Waals surface area contributed by atoms with Crippen molar-refractivity contribution in [2.24, 2.45) is 5.73 Å². The van der Waals surface area contributed by atoms with Crippen molar-refractivity contribution in [3.63, 3.8) is 0 Å². The molecule has 4 N–H and O–H groups in total. The molecule has 2 rings (SSSR count). The molecule has 0 saturated heterocycles. The second-order valence-electron chi connectivity index (χ2n) is 3.59. The molecule has 16 heavy (non-hydrogen) atoms. The minimum Gasteiger partial charge on any atom is -0.396 e. The van der Waals surface area contributed by atoms with Crippen LogP contribution in [-0.2, 0) is 6.42 Å². The van der Waals surface area contributed by atoms with Gasteiger partial charge < -0.3 is 15.8 Å². The van der Waals surface area contributed by atoms with Crippen LogP contribution in [0, 0.1) is 0 Å². The number of fused-ring (bicyclic) bond motifs is 1. The Bertz CT molecular complexity index is 519. The fourth-order valence-electron chi connectivity index (χ4n) is 1.74. The number of rotatable bonds is 4. The van der Waals surface area contributed by atoms with Crippen LogP contribution in [0.2, 0.25) is 0 Å². The Hall–Kier alpha value is -1.88. The molecule has 2 aromatic rings. The molecule has 84 valence electrons. The summed E-state index contributed by atoms with van der Waals surface area (Å²) < 4.78 is 0. The van der Waals surface area contributed by atoms with Crippen LogP contribution in [0.5, 0.6) is 0 Å². The second-order valence-corrected chi connectivity index (χ2v) is 3.59. The molecule has 0 aliphatic rings. The van der Waals surface area contributed by atoms with E-state index in [-0.39, 0.29) is 6.61 Å². The fraction of sp³-hybridized carbons (Fsp3) is 0.273. The number of aromatic nitrogens is 2. The molecular weight excluding hydrogens is 206 g/mol. The van der Waals surface area contributed by atoms with E-state index in [4.69, 9.17) is 10.8 Å². The van der Waals surface area contributed by atoms with E-state index in [9.17, 15) is 4.79 Å². The third-order valence-corrected chi connectivity index (χ3v) is 2.52. The molecule has 0 aliphatic carbocycles. The van der Waals surface area contributed by atoms with E-state index >= 15 is 0 Å². The molecule has 0 aromatic carbocycles. The molecule has 0 bridgehead atoms. The van der Waals surface area contributed by atoms with Crippen LogP contribution in [-0.4, -0.2) is 27.6 Å². The number of carbonyl (C=O) groups excluding carboxylic acids is 1. The zero-order valence-corrected chi connectivity index (χ0v) is 8.73. The van der Waals surface area contributed by atoms with Crippen LogP contribution < -0.4 is 5.73 Å². The van der Waals surface area contributed by atoms with Crippen molar-refractivity contribution in [2.75, 3.05) is 6.61 Å². The number of hydrogen-bond acceptors (Lipinski definition) is 3. The highest BCUT2D eigenvalue weighted by atomic mass is 16.2. The Morgan fingerprint density at radius 3 is 3.06 bits per heavy atom. The van der Waals surface area contributed by atoms with Gasteiger partial charge >= 0.3 is 0 Å². The van der Waals surface area contributed by atoms with Crippen LogP contribution >= 0.6 is 0 Å². The average Bonchev–Trinajstić information content (AvgIpc) is 2.69. The highest BCUT2D eigenvalue weighted by Crippen LogP contribution is 2.20. The minimum absolute atomic E-state index is 0.141. The summed E-state index contributed by atoms with van der Waals surface area (Å²) in [6.45, 7) is 0.141. The lowest BCUT2D eigenvalue weighted by molar-refractivity contribution is 0.100. The van der Waals surface area contributed by atoms with E-state index in [0.717, 1.165) is 17.5 Å². The first-order valence-corrected chi connectivity index (χ1v) is 5.09. The number of aryl methyl sites for hydroxylation is 1. The number of amides is 1. The molecule has 0 unspecified atom stereocenters. The van der Waals surface area contributed by atoms with Crippen molar-refractivity contribution < 1.29 is 9.90 Å². The minimum atomic E-state index is -0.469. The normalized spacial score (nSPS) is 10.8. The van der Waals surface area contributed by atoms with Gasteiger partial charge in [0.1, 0.15) is 0 Å². The maximum Gasteiger partial charge on any atom is 0.250 e. The first-order chi connectivity index (χ1) is 7.74. The predicted molar refractivity (Wildman–Crippen MR) is 60.0 cm³/mol. The highest BCUT2D eigenvalue weighted by Gasteiger charge is 2.11. The molecule has 0 aliphatic heterocycles. The fourth-order valence-corrected chi connectivity index (χ4v) is 1.74. The molecule has 5 nitrogen and oxygen atoms in total.